The minimum absolute atomic E-state index is 0.515. The van der Waals surface area contributed by atoms with Gasteiger partial charge in [0.2, 0.25) is 5.88 Å². The molecule has 1 fully saturated rings. The van der Waals surface area contributed by atoms with Crippen molar-refractivity contribution in [2.45, 2.75) is 25.7 Å². The van der Waals surface area contributed by atoms with E-state index in [-0.39, 0.29) is 0 Å². The summed E-state index contributed by atoms with van der Waals surface area (Å²) < 4.78 is 7.38. The van der Waals surface area contributed by atoms with Crippen molar-refractivity contribution in [3.05, 3.63) is 12.2 Å². The lowest BCUT2D eigenvalue weighted by Gasteiger charge is -2.30. The van der Waals surface area contributed by atoms with Crippen LogP contribution in [0.1, 0.15) is 25.1 Å². The zero-order valence-corrected chi connectivity index (χ0v) is 12.3. The molecule has 2 aromatic rings. The maximum Gasteiger partial charge on any atom is 0.245 e. The maximum absolute atomic E-state index is 5.91. The molecule has 1 saturated heterocycles. The van der Waals surface area contributed by atoms with Crippen LogP contribution in [-0.2, 0) is 6.42 Å². The van der Waals surface area contributed by atoms with E-state index in [1.807, 2.05) is 0 Å². The predicted molar refractivity (Wildman–Crippen MR) is 78.1 cm³/mol. The molecule has 7 heteroatoms. The third kappa shape index (κ3) is 2.28. The number of nitrogens with zero attached hydrogens (tertiary/aromatic N) is 5. The Morgan fingerprint density at radius 2 is 2.05 bits per heavy atom. The fourth-order valence-electron chi connectivity index (χ4n) is 2.68. The van der Waals surface area contributed by atoms with Gasteiger partial charge in [0.25, 0.3) is 0 Å². The van der Waals surface area contributed by atoms with Crippen LogP contribution in [-0.4, -0.2) is 45.7 Å². The Bertz CT molecular complexity index is 594. The summed E-state index contributed by atoms with van der Waals surface area (Å²) in [4.78, 5) is 13.2. The fourth-order valence-corrected chi connectivity index (χ4v) is 2.84. The minimum Gasteiger partial charge on any atom is -0.479 e. The van der Waals surface area contributed by atoms with Gasteiger partial charge < -0.3 is 9.75 Å². The van der Waals surface area contributed by atoms with E-state index in [9.17, 15) is 0 Å². The summed E-state index contributed by atoms with van der Waals surface area (Å²) in [7, 11) is 1.60. The molecule has 3 rings (SSSR count). The Hall–Kier alpha value is -1.56. The number of aryl methyl sites for hydroxylation is 1. The number of halogens is 1. The Labute approximate surface area is 122 Å². The normalized spacial score (nSPS) is 15.8. The van der Waals surface area contributed by atoms with Crippen molar-refractivity contribution in [2.24, 2.45) is 0 Å². The number of hydrogen-bond donors (Lipinski definition) is 0. The molecular formula is C13H18ClN5O. The van der Waals surface area contributed by atoms with Crippen LogP contribution in [0.15, 0.2) is 6.33 Å². The summed E-state index contributed by atoms with van der Waals surface area (Å²) in [6.45, 7) is 2.04. The summed E-state index contributed by atoms with van der Waals surface area (Å²) in [6, 6.07) is 0. The zero-order valence-electron chi connectivity index (χ0n) is 11.5. The first kappa shape index (κ1) is 13.4. The van der Waals surface area contributed by atoms with E-state index in [4.69, 9.17) is 16.3 Å². The summed E-state index contributed by atoms with van der Waals surface area (Å²) in [6.07, 6.45) is 5.90. The van der Waals surface area contributed by atoms with Crippen LogP contribution in [0.5, 0.6) is 5.88 Å². The van der Waals surface area contributed by atoms with Gasteiger partial charge >= 0.3 is 0 Å². The number of rotatable bonds is 4. The molecule has 0 atom stereocenters. The van der Waals surface area contributed by atoms with Gasteiger partial charge in [0, 0.05) is 25.4 Å². The first-order valence-electron chi connectivity index (χ1n) is 6.92. The van der Waals surface area contributed by atoms with Crippen LogP contribution < -0.4 is 9.75 Å². The number of hydrogen-bond acceptors (Lipinski definition) is 5. The number of alkyl halides is 1. The lowest BCUT2D eigenvalue weighted by Crippen LogP contribution is -2.40. The summed E-state index contributed by atoms with van der Waals surface area (Å²) in [5.41, 5.74) is 1.51. The van der Waals surface area contributed by atoms with Gasteiger partial charge in [-0.1, -0.05) is 0 Å². The van der Waals surface area contributed by atoms with Gasteiger partial charge in [0.05, 0.1) is 7.11 Å². The van der Waals surface area contributed by atoms with Gasteiger partial charge in [-0.05, 0) is 19.3 Å². The van der Waals surface area contributed by atoms with Crippen molar-refractivity contribution in [3.63, 3.8) is 0 Å². The average Bonchev–Trinajstić information content (AvgIpc) is 2.86. The second kappa shape index (κ2) is 5.83. The highest BCUT2D eigenvalue weighted by atomic mass is 35.5. The molecular weight excluding hydrogens is 278 g/mol. The molecule has 0 amide bonds. The van der Waals surface area contributed by atoms with Crippen LogP contribution in [0.4, 0.5) is 0 Å². The van der Waals surface area contributed by atoms with Gasteiger partial charge in [-0.3, -0.25) is 0 Å². The summed E-state index contributed by atoms with van der Waals surface area (Å²) in [5.74, 6) is 1.98. The van der Waals surface area contributed by atoms with Crippen molar-refractivity contribution in [2.75, 3.05) is 31.1 Å². The van der Waals surface area contributed by atoms with Gasteiger partial charge in [0.1, 0.15) is 12.2 Å². The smallest absolute Gasteiger partial charge is 0.245 e. The monoisotopic (exact) mass is 295 g/mol. The zero-order chi connectivity index (χ0) is 13.9. The van der Waals surface area contributed by atoms with Crippen LogP contribution in [0, 0.1) is 0 Å². The Balaban J connectivity index is 2.13. The quantitative estimate of drug-likeness (QED) is 0.804. The molecule has 0 spiro atoms. The van der Waals surface area contributed by atoms with Crippen molar-refractivity contribution in [1.29, 1.82) is 0 Å². The van der Waals surface area contributed by atoms with E-state index in [1.165, 1.54) is 25.6 Å². The molecule has 1 aliphatic rings. The number of piperidine rings is 1. The van der Waals surface area contributed by atoms with Crippen molar-refractivity contribution >= 4 is 22.8 Å². The molecule has 108 valence electrons. The molecule has 6 nitrogen and oxygen atoms in total. The highest BCUT2D eigenvalue weighted by molar-refractivity contribution is 6.17. The van der Waals surface area contributed by atoms with Crippen LogP contribution >= 0.6 is 11.6 Å². The molecule has 0 N–H and O–H groups in total. The standard InChI is InChI=1S/C13H18ClN5O/c1-20-13-11-12(15-9-16-13)19(10(17-11)5-6-14)18-7-3-2-4-8-18/h9H,2-8H2,1H3. The van der Waals surface area contributed by atoms with Crippen molar-refractivity contribution in [1.82, 2.24) is 19.6 Å². The van der Waals surface area contributed by atoms with E-state index < -0.39 is 0 Å². The molecule has 0 radical (unpaired) electrons. The fraction of sp³-hybridized carbons (Fsp3) is 0.615. The van der Waals surface area contributed by atoms with E-state index >= 15 is 0 Å². The SMILES string of the molecule is COc1ncnc2c1nc(CCCl)n2N1CCCCC1. The minimum atomic E-state index is 0.515. The summed E-state index contributed by atoms with van der Waals surface area (Å²) in [5, 5.41) is 2.30. The Kier molecular flexibility index (Phi) is 3.91. The molecule has 0 aliphatic carbocycles. The maximum atomic E-state index is 5.91. The molecule has 0 bridgehead atoms. The van der Waals surface area contributed by atoms with E-state index in [1.54, 1.807) is 7.11 Å². The largest absolute Gasteiger partial charge is 0.479 e. The Morgan fingerprint density at radius 3 is 2.75 bits per heavy atom. The highest BCUT2D eigenvalue weighted by Gasteiger charge is 2.21. The number of ether oxygens (including phenoxy) is 1. The first-order valence-corrected chi connectivity index (χ1v) is 7.46. The van der Waals surface area contributed by atoms with E-state index in [2.05, 4.69) is 24.6 Å². The molecule has 0 saturated carbocycles. The highest BCUT2D eigenvalue weighted by Crippen LogP contribution is 2.23. The first-order chi connectivity index (χ1) is 9.85. The van der Waals surface area contributed by atoms with Gasteiger partial charge in [0.15, 0.2) is 11.2 Å². The molecule has 1 aliphatic heterocycles. The number of aromatic nitrogens is 4. The van der Waals surface area contributed by atoms with E-state index in [0.29, 0.717) is 23.7 Å². The van der Waals surface area contributed by atoms with Gasteiger partial charge in [-0.15, -0.1) is 11.6 Å². The lowest BCUT2D eigenvalue weighted by atomic mass is 10.2. The van der Waals surface area contributed by atoms with Crippen LogP contribution in [0.3, 0.4) is 0 Å². The molecule has 0 aromatic carbocycles. The van der Waals surface area contributed by atoms with Gasteiger partial charge in [-0.2, -0.15) is 4.98 Å². The lowest BCUT2D eigenvalue weighted by molar-refractivity contribution is 0.401. The molecule has 20 heavy (non-hydrogen) atoms. The van der Waals surface area contributed by atoms with Crippen LogP contribution in [0.2, 0.25) is 0 Å². The van der Waals surface area contributed by atoms with Crippen LogP contribution in [0.25, 0.3) is 11.2 Å². The van der Waals surface area contributed by atoms with E-state index in [0.717, 1.165) is 24.6 Å². The number of methoxy groups -OCH3 is 1. The summed E-state index contributed by atoms with van der Waals surface area (Å²) >= 11 is 5.91. The predicted octanol–water partition coefficient (Wildman–Crippen LogP) is 1.74. The number of imidazole rings is 1. The second-order valence-corrected chi connectivity index (χ2v) is 5.23. The van der Waals surface area contributed by atoms with Gasteiger partial charge in [-0.25, -0.2) is 14.6 Å². The number of fused-ring (bicyclic) bond motifs is 1. The topological polar surface area (TPSA) is 56.1 Å². The van der Waals surface area contributed by atoms with Crippen molar-refractivity contribution < 1.29 is 4.74 Å². The average molecular weight is 296 g/mol. The van der Waals surface area contributed by atoms with Crippen molar-refractivity contribution in [3.8, 4) is 5.88 Å². The molecule has 0 unspecified atom stereocenters. The molecule has 3 heterocycles. The third-order valence-electron chi connectivity index (χ3n) is 3.58. The molecule has 2 aromatic heterocycles. The second-order valence-electron chi connectivity index (χ2n) is 4.85. The Morgan fingerprint density at radius 1 is 1.25 bits per heavy atom. The third-order valence-corrected chi connectivity index (χ3v) is 3.77.